The maximum atomic E-state index is 12.4. The molecule has 2 saturated heterocycles. The van der Waals surface area contributed by atoms with E-state index in [9.17, 15) is 4.79 Å². The highest BCUT2D eigenvalue weighted by Crippen LogP contribution is 2.27. The first-order valence-electron chi connectivity index (χ1n) is 8.34. The van der Waals surface area contributed by atoms with Crippen LogP contribution in [-0.2, 0) is 14.3 Å². The monoisotopic (exact) mass is 335 g/mol. The number of thioether (sulfide) groups is 1. The summed E-state index contributed by atoms with van der Waals surface area (Å²) in [7, 11) is 0. The molecule has 2 aliphatic heterocycles. The van der Waals surface area contributed by atoms with Gasteiger partial charge in [-0.1, -0.05) is 17.7 Å². The molecule has 2 heterocycles. The van der Waals surface area contributed by atoms with E-state index in [4.69, 9.17) is 9.47 Å². The molecule has 23 heavy (non-hydrogen) atoms. The fourth-order valence-corrected chi connectivity index (χ4v) is 4.19. The maximum absolute atomic E-state index is 12.4. The van der Waals surface area contributed by atoms with Gasteiger partial charge in [0, 0.05) is 23.9 Å². The predicted octanol–water partition coefficient (Wildman–Crippen LogP) is 3.01. The number of rotatable bonds is 4. The summed E-state index contributed by atoms with van der Waals surface area (Å²) in [6, 6.07) is 6.39. The minimum atomic E-state index is -0.0448. The third-order valence-electron chi connectivity index (χ3n) is 4.62. The highest BCUT2D eigenvalue weighted by atomic mass is 32.2. The lowest BCUT2D eigenvalue weighted by atomic mass is 9.96. The van der Waals surface area contributed by atoms with Crippen LogP contribution < -0.4 is 0 Å². The average Bonchev–Trinajstić information content (AvgIpc) is 3.10. The molecule has 0 radical (unpaired) electrons. The van der Waals surface area contributed by atoms with Crippen LogP contribution in [0, 0.1) is 19.8 Å². The minimum absolute atomic E-state index is 0.0448. The highest BCUT2D eigenvalue weighted by molar-refractivity contribution is 8.00. The largest absolute Gasteiger partial charge is 0.350 e. The zero-order chi connectivity index (χ0) is 16.2. The van der Waals surface area contributed by atoms with Gasteiger partial charge in [-0.2, -0.15) is 0 Å². The number of likely N-dealkylation sites (tertiary alicyclic amines) is 1. The van der Waals surface area contributed by atoms with Crippen molar-refractivity contribution < 1.29 is 14.3 Å². The Bertz CT molecular complexity index is 549. The molecule has 2 fully saturated rings. The third-order valence-corrected chi connectivity index (χ3v) is 5.76. The summed E-state index contributed by atoms with van der Waals surface area (Å²) < 4.78 is 11.2. The van der Waals surface area contributed by atoms with Crippen LogP contribution in [0.3, 0.4) is 0 Å². The van der Waals surface area contributed by atoms with Crippen molar-refractivity contribution in [2.24, 2.45) is 5.92 Å². The molecule has 0 atom stereocenters. The van der Waals surface area contributed by atoms with E-state index in [0.717, 1.165) is 25.9 Å². The lowest BCUT2D eigenvalue weighted by Crippen LogP contribution is -2.42. The van der Waals surface area contributed by atoms with Crippen molar-refractivity contribution in [3.8, 4) is 0 Å². The molecule has 0 saturated carbocycles. The van der Waals surface area contributed by atoms with E-state index in [1.807, 2.05) is 4.90 Å². The molecule has 0 unspecified atom stereocenters. The maximum Gasteiger partial charge on any atom is 0.232 e. The molecule has 1 aromatic carbocycles. The number of carbonyl (C=O) groups is 1. The van der Waals surface area contributed by atoms with Gasteiger partial charge in [0.1, 0.15) is 0 Å². The SMILES string of the molecule is Cc1ccc(C)c(SCC(=O)N2CCC(C3OCCO3)CC2)c1. The van der Waals surface area contributed by atoms with Crippen LogP contribution in [0.4, 0.5) is 0 Å². The lowest BCUT2D eigenvalue weighted by Gasteiger charge is -2.33. The van der Waals surface area contributed by atoms with E-state index < -0.39 is 0 Å². The molecule has 0 aliphatic carbocycles. The molecule has 1 amide bonds. The first-order chi connectivity index (χ1) is 11.1. The summed E-state index contributed by atoms with van der Waals surface area (Å²) in [4.78, 5) is 15.6. The van der Waals surface area contributed by atoms with Gasteiger partial charge in [0.25, 0.3) is 0 Å². The summed E-state index contributed by atoms with van der Waals surface area (Å²) in [5.74, 6) is 1.20. The van der Waals surface area contributed by atoms with Crippen LogP contribution in [0.2, 0.25) is 0 Å². The van der Waals surface area contributed by atoms with Crippen LogP contribution in [0.15, 0.2) is 23.1 Å². The van der Waals surface area contributed by atoms with Crippen LogP contribution in [-0.4, -0.2) is 49.2 Å². The van der Waals surface area contributed by atoms with E-state index in [1.54, 1.807) is 11.8 Å². The lowest BCUT2D eigenvalue weighted by molar-refractivity contribution is -0.134. The number of hydrogen-bond donors (Lipinski definition) is 0. The topological polar surface area (TPSA) is 38.8 Å². The van der Waals surface area contributed by atoms with Gasteiger partial charge in [-0.3, -0.25) is 4.79 Å². The molecule has 1 aromatic rings. The van der Waals surface area contributed by atoms with Crippen LogP contribution in [0.25, 0.3) is 0 Å². The number of amides is 1. The van der Waals surface area contributed by atoms with Gasteiger partial charge >= 0.3 is 0 Å². The summed E-state index contributed by atoms with van der Waals surface area (Å²) >= 11 is 1.65. The summed E-state index contributed by atoms with van der Waals surface area (Å²) in [5.41, 5.74) is 2.48. The Labute approximate surface area is 142 Å². The Kier molecular flexibility index (Phi) is 5.62. The van der Waals surface area contributed by atoms with Crippen molar-refractivity contribution in [2.45, 2.75) is 37.9 Å². The van der Waals surface area contributed by atoms with Gasteiger partial charge in [-0.05, 0) is 38.3 Å². The van der Waals surface area contributed by atoms with Gasteiger partial charge in [0.2, 0.25) is 5.91 Å². The van der Waals surface area contributed by atoms with Gasteiger partial charge in [-0.25, -0.2) is 0 Å². The number of aryl methyl sites for hydroxylation is 2. The van der Waals surface area contributed by atoms with Gasteiger partial charge in [-0.15, -0.1) is 11.8 Å². The molecule has 126 valence electrons. The number of piperidine rings is 1. The zero-order valence-electron chi connectivity index (χ0n) is 13.9. The second-order valence-corrected chi connectivity index (χ2v) is 7.40. The zero-order valence-corrected chi connectivity index (χ0v) is 14.7. The van der Waals surface area contributed by atoms with E-state index >= 15 is 0 Å². The van der Waals surface area contributed by atoms with Crippen molar-refractivity contribution in [2.75, 3.05) is 32.1 Å². The Hall–Kier alpha value is -1.04. The quantitative estimate of drug-likeness (QED) is 0.793. The van der Waals surface area contributed by atoms with Crippen LogP contribution in [0.1, 0.15) is 24.0 Å². The van der Waals surface area contributed by atoms with Gasteiger partial charge < -0.3 is 14.4 Å². The number of hydrogen-bond acceptors (Lipinski definition) is 4. The smallest absolute Gasteiger partial charge is 0.232 e. The van der Waals surface area contributed by atoms with Crippen molar-refractivity contribution in [3.63, 3.8) is 0 Å². The van der Waals surface area contributed by atoms with Gasteiger partial charge in [0.05, 0.1) is 19.0 Å². The summed E-state index contributed by atoms with van der Waals surface area (Å²) in [6.45, 7) is 7.23. The average molecular weight is 335 g/mol. The Morgan fingerprint density at radius 2 is 1.91 bits per heavy atom. The predicted molar refractivity (Wildman–Crippen MR) is 91.6 cm³/mol. The fourth-order valence-electron chi connectivity index (χ4n) is 3.16. The molecule has 0 bridgehead atoms. The first-order valence-corrected chi connectivity index (χ1v) is 9.33. The molecular weight excluding hydrogens is 310 g/mol. The summed E-state index contributed by atoms with van der Waals surface area (Å²) in [5, 5.41) is 0. The van der Waals surface area contributed by atoms with E-state index in [1.165, 1.54) is 16.0 Å². The van der Waals surface area contributed by atoms with Gasteiger partial charge in [0.15, 0.2) is 6.29 Å². The van der Waals surface area contributed by atoms with E-state index in [-0.39, 0.29) is 12.2 Å². The third kappa shape index (κ3) is 4.28. The molecular formula is C18H25NO3S. The summed E-state index contributed by atoms with van der Waals surface area (Å²) in [6.07, 6.45) is 1.91. The number of ether oxygens (including phenoxy) is 2. The standard InChI is InChI=1S/C18H25NO3S/c1-13-3-4-14(2)16(11-13)23-12-17(20)19-7-5-15(6-8-19)18-21-9-10-22-18/h3-4,11,15,18H,5-10,12H2,1-2H3. The fraction of sp³-hybridized carbons (Fsp3) is 0.611. The number of nitrogens with zero attached hydrogens (tertiary/aromatic N) is 1. The Morgan fingerprint density at radius 3 is 2.61 bits per heavy atom. The molecule has 0 spiro atoms. The second kappa shape index (κ2) is 7.69. The van der Waals surface area contributed by atoms with E-state index in [2.05, 4.69) is 32.0 Å². The van der Waals surface area contributed by atoms with Crippen molar-refractivity contribution in [3.05, 3.63) is 29.3 Å². The van der Waals surface area contributed by atoms with Crippen molar-refractivity contribution in [1.29, 1.82) is 0 Å². The van der Waals surface area contributed by atoms with Crippen LogP contribution in [0.5, 0.6) is 0 Å². The molecule has 5 heteroatoms. The first kappa shape index (κ1) is 16.8. The van der Waals surface area contributed by atoms with Crippen LogP contribution >= 0.6 is 11.8 Å². The number of benzene rings is 1. The Morgan fingerprint density at radius 1 is 1.22 bits per heavy atom. The Balaban J connectivity index is 1.47. The van der Waals surface area contributed by atoms with E-state index in [0.29, 0.717) is 24.9 Å². The number of carbonyl (C=O) groups excluding carboxylic acids is 1. The molecule has 3 rings (SSSR count). The molecule has 0 N–H and O–H groups in total. The molecule has 4 nitrogen and oxygen atoms in total. The normalized spacial score (nSPS) is 20.2. The van der Waals surface area contributed by atoms with Crippen molar-refractivity contribution >= 4 is 17.7 Å². The second-order valence-electron chi connectivity index (χ2n) is 6.39. The molecule has 2 aliphatic rings. The molecule has 0 aromatic heterocycles. The highest BCUT2D eigenvalue weighted by Gasteiger charge is 2.31. The van der Waals surface area contributed by atoms with Crippen molar-refractivity contribution in [1.82, 2.24) is 4.90 Å². The minimum Gasteiger partial charge on any atom is -0.350 e.